The maximum Gasteiger partial charge on any atom is 0.322 e. The fraction of sp³-hybridized carbons (Fsp3) is 0.333. The predicted octanol–water partition coefficient (Wildman–Crippen LogP) is -0.918. The van der Waals surface area contributed by atoms with Crippen LogP contribution in [0.5, 0.6) is 0 Å². The van der Waals surface area contributed by atoms with E-state index in [4.69, 9.17) is 0 Å². The van der Waals surface area contributed by atoms with E-state index in [-0.39, 0.29) is 0 Å². The molecular weight excluding hydrogens is 128 g/mol. The number of nitrogens with one attached hydrogen (secondary N) is 2. The molecule has 5 heteroatoms. The second kappa shape index (κ2) is 1.66. The van der Waals surface area contributed by atoms with Crippen molar-refractivity contribution < 1.29 is 9.59 Å². The first-order valence-corrected chi connectivity index (χ1v) is 2.51. The van der Waals surface area contributed by atoms with Gasteiger partial charge >= 0.3 is 6.03 Å². The monoisotopic (exact) mass is 132 g/mol. The highest BCUT2D eigenvalue weighted by molar-refractivity contribution is 7.81. The number of rotatable bonds is 0. The number of imide groups is 1. The molecule has 3 amide bonds. The number of thiol groups is 1. The van der Waals surface area contributed by atoms with E-state index in [0.717, 1.165) is 0 Å². The summed E-state index contributed by atoms with van der Waals surface area (Å²) < 4.78 is 0. The molecule has 0 aliphatic carbocycles. The summed E-state index contributed by atoms with van der Waals surface area (Å²) >= 11 is 3.70. The van der Waals surface area contributed by atoms with E-state index >= 15 is 0 Å². The van der Waals surface area contributed by atoms with E-state index in [0.29, 0.717) is 0 Å². The van der Waals surface area contributed by atoms with Crippen LogP contribution in [0, 0.1) is 0 Å². The fourth-order valence-electron chi connectivity index (χ4n) is 0.406. The van der Waals surface area contributed by atoms with Crippen LogP contribution in [-0.4, -0.2) is 17.3 Å². The lowest BCUT2D eigenvalue weighted by molar-refractivity contribution is -0.118. The molecule has 1 aliphatic heterocycles. The number of amides is 3. The van der Waals surface area contributed by atoms with Crippen molar-refractivity contribution in [2.24, 2.45) is 0 Å². The Bertz CT molecular complexity index is 146. The van der Waals surface area contributed by atoms with E-state index in [1.807, 2.05) is 5.32 Å². The third-order valence-corrected chi connectivity index (χ3v) is 1.12. The Balaban J connectivity index is 2.64. The van der Waals surface area contributed by atoms with Gasteiger partial charge < -0.3 is 5.32 Å². The summed E-state index contributed by atoms with van der Waals surface area (Å²) in [7, 11) is 0. The van der Waals surface area contributed by atoms with Gasteiger partial charge in [-0.2, -0.15) is 0 Å². The summed E-state index contributed by atoms with van der Waals surface area (Å²) in [4.78, 5) is 20.5. The summed E-state index contributed by atoms with van der Waals surface area (Å²) in [5.41, 5.74) is 0. The molecule has 0 aromatic rings. The molecule has 1 atom stereocenters. The lowest BCUT2D eigenvalue weighted by Crippen LogP contribution is -2.22. The smallest absolute Gasteiger partial charge is 0.317 e. The summed E-state index contributed by atoms with van der Waals surface area (Å²) in [5, 5.41) is 3.57. The Morgan fingerprint density at radius 2 is 2.12 bits per heavy atom. The van der Waals surface area contributed by atoms with Crippen LogP contribution >= 0.6 is 12.6 Å². The Kier molecular flexibility index (Phi) is 1.13. The minimum atomic E-state index is -0.664. The Morgan fingerprint density at radius 1 is 1.50 bits per heavy atom. The highest BCUT2D eigenvalue weighted by Gasteiger charge is 2.25. The second-order valence-corrected chi connectivity index (χ2v) is 1.88. The summed E-state index contributed by atoms with van der Waals surface area (Å²) in [6.45, 7) is 0. The molecule has 0 bridgehead atoms. The van der Waals surface area contributed by atoms with Gasteiger partial charge in [0.05, 0.1) is 0 Å². The molecule has 44 valence electrons. The number of hydrogen-bond donors (Lipinski definition) is 3. The Labute approximate surface area is 51.0 Å². The van der Waals surface area contributed by atoms with Crippen molar-refractivity contribution in [3.8, 4) is 0 Å². The molecule has 1 saturated heterocycles. The third kappa shape index (κ3) is 0.764. The first kappa shape index (κ1) is 5.43. The molecule has 1 unspecified atom stereocenters. The fourth-order valence-corrected chi connectivity index (χ4v) is 0.588. The topological polar surface area (TPSA) is 58.2 Å². The van der Waals surface area contributed by atoms with Crippen molar-refractivity contribution in [2.75, 3.05) is 0 Å². The van der Waals surface area contributed by atoms with Crippen molar-refractivity contribution in [1.82, 2.24) is 10.6 Å². The molecule has 1 fully saturated rings. The van der Waals surface area contributed by atoms with E-state index in [1.54, 1.807) is 0 Å². The van der Waals surface area contributed by atoms with Crippen LogP contribution in [0.4, 0.5) is 4.79 Å². The van der Waals surface area contributed by atoms with Crippen LogP contribution in [-0.2, 0) is 4.79 Å². The zero-order valence-electron chi connectivity index (χ0n) is 3.84. The molecule has 0 radical (unpaired) electrons. The molecule has 4 nitrogen and oxygen atoms in total. The van der Waals surface area contributed by atoms with Gasteiger partial charge in [0.2, 0.25) is 0 Å². The van der Waals surface area contributed by atoms with E-state index in [2.05, 4.69) is 17.9 Å². The lowest BCUT2D eigenvalue weighted by Gasteiger charge is -1.90. The number of carbonyl (C=O) groups excluding carboxylic acids is 2. The van der Waals surface area contributed by atoms with Crippen LogP contribution in [0.15, 0.2) is 0 Å². The SMILES string of the molecule is O=C1NC(=O)C(S)N1. The Morgan fingerprint density at radius 3 is 2.25 bits per heavy atom. The van der Waals surface area contributed by atoms with Crippen LogP contribution in [0.3, 0.4) is 0 Å². The number of hydrogen-bond acceptors (Lipinski definition) is 3. The highest BCUT2D eigenvalue weighted by atomic mass is 32.1. The summed E-state index contributed by atoms with van der Waals surface area (Å²) in [5.74, 6) is -0.390. The summed E-state index contributed by atoms with van der Waals surface area (Å²) in [6, 6.07) is -0.477. The number of urea groups is 1. The van der Waals surface area contributed by atoms with Gasteiger partial charge in [0, 0.05) is 0 Å². The molecule has 0 spiro atoms. The number of carbonyl (C=O) groups is 2. The van der Waals surface area contributed by atoms with Crippen molar-refractivity contribution in [3.63, 3.8) is 0 Å². The van der Waals surface area contributed by atoms with Crippen LogP contribution in [0.25, 0.3) is 0 Å². The van der Waals surface area contributed by atoms with Gasteiger partial charge in [0.15, 0.2) is 5.37 Å². The van der Waals surface area contributed by atoms with Crippen molar-refractivity contribution in [3.05, 3.63) is 0 Å². The largest absolute Gasteiger partial charge is 0.322 e. The Hall–Kier alpha value is -0.710. The molecule has 1 aliphatic rings. The average Bonchev–Trinajstić information content (AvgIpc) is 1.85. The normalized spacial score (nSPS) is 27.4. The molecule has 0 aromatic carbocycles. The minimum absolute atomic E-state index is 0.390. The molecule has 0 saturated carbocycles. The van der Waals surface area contributed by atoms with Gasteiger partial charge in [-0.3, -0.25) is 10.1 Å². The molecule has 1 rings (SSSR count). The van der Waals surface area contributed by atoms with Gasteiger partial charge in [-0.15, -0.1) is 12.6 Å². The van der Waals surface area contributed by atoms with Gasteiger partial charge in [0.25, 0.3) is 5.91 Å². The maximum atomic E-state index is 10.3. The molecule has 1 heterocycles. The second-order valence-electron chi connectivity index (χ2n) is 1.37. The van der Waals surface area contributed by atoms with Crippen molar-refractivity contribution in [2.45, 2.75) is 5.37 Å². The quantitative estimate of drug-likeness (QED) is 0.295. The van der Waals surface area contributed by atoms with E-state index in [9.17, 15) is 9.59 Å². The van der Waals surface area contributed by atoms with Crippen molar-refractivity contribution >= 4 is 24.6 Å². The van der Waals surface area contributed by atoms with Gasteiger partial charge in [-0.1, -0.05) is 0 Å². The first-order chi connectivity index (χ1) is 3.70. The standard InChI is InChI=1S/C3H4N2O2S/c6-1-2(8)5-3(7)4-1/h2,8H,(H2,4,5,6,7). The zero-order chi connectivity index (χ0) is 6.15. The van der Waals surface area contributed by atoms with Crippen LogP contribution < -0.4 is 10.6 Å². The highest BCUT2D eigenvalue weighted by Crippen LogP contribution is 1.94. The van der Waals surface area contributed by atoms with Crippen molar-refractivity contribution in [1.29, 1.82) is 0 Å². The third-order valence-electron chi connectivity index (χ3n) is 0.753. The lowest BCUT2D eigenvalue weighted by atomic mass is 10.6. The average molecular weight is 132 g/mol. The van der Waals surface area contributed by atoms with Gasteiger partial charge in [-0.25, -0.2) is 4.79 Å². The zero-order valence-corrected chi connectivity index (χ0v) is 4.74. The molecular formula is C3H4N2O2S. The van der Waals surface area contributed by atoms with Gasteiger partial charge in [-0.05, 0) is 0 Å². The predicted molar refractivity (Wildman–Crippen MR) is 29.4 cm³/mol. The van der Waals surface area contributed by atoms with Gasteiger partial charge in [0.1, 0.15) is 0 Å². The first-order valence-electron chi connectivity index (χ1n) is 1.99. The van der Waals surface area contributed by atoms with Crippen LogP contribution in [0.1, 0.15) is 0 Å². The molecule has 0 aromatic heterocycles. The maximum absolute atomic E-state index is 10.3. The minimum Gasteiger partial charge on any atom is -0.317 e. The molecule has 2 N–H and O–H groups in total. The molecule has 8 heavy (non-hydrogen) atoms. The summed E-state index contributed by atoms with van der Waals surface area (Å²) in [6.07, 6.45) is 0. The van der Waals surface area contributed by atoms with E-state index < -0.39 is 17.3 Å². The van der Waals surface area contributed by atoms with Crippen LogP contribution in [0.2, 0.25) is 0 Å². The van der Waals surface area contributed by atoms with E-state index in [1.165, 1.54) is 0 Å².